The summed E-state index contributed by atoms with van der Waals surface area (Å²) in [5.41, 5.74) is -0.751. The summed E-state index contributed by atoms with van der Waals surface area (Å²) in [7, 11) is 0. The quantitative estimate of drug-likeness (QED) is 0.465. The molecule has 0 saturated heterocycles. The topological polar surface area (TPSA) is 63.4 Å². The van der Waals surface area contributed by atoms with Crippen LogP contribution in [0.2, 0.25) is 5.02 Å². The van der Waals surface area contributed by atoms with Crippen molar-refractivity contribution in [3.05, 3.63) is 38.9 Å². The first kappa shape index (κ1) is 12.5. The van der Waals surface area contributed by atoms with Crippen molar-refractivity contribution in [2.75, 3.05) is 0 Å². The molecule has 0 spiro atoms. The van der Waals surface area contributed by atoms with Crippen LogP contribution in [0.1, 0.15) is 19.4 Å². The first-order chi connectivity index (χ1) is 7.29. The molecular weight excluding hydrogens is 230 g/mol. The average Bonchev–Trinajstić information content (AvgIpc) is 2.14. The predicted octanol–water partition coefficient (Wildman–Crippen LogP) is 2.37. The molecule has 5 heteroatoms. The van der Waals surface area contributed by atoms with Crippen LogP contribution in [-0.4, -0.2) is 15.6 Å². The Morgan fingerprint density at radius 3 is 2.56 bits per heavy atom. The summed E-state index contributed by atoms with van der Waals surface area (Å²) in [6, 6.07) is 4.01. The van der Waals surface area contributed by atoms with Crippen LogP contribution in [0.4, 0.5) is 5.69 Å². The molecule has 1 N–H and O–H groups in total. The van der Waals surface area contributed by atoms with E-state index in [4.69, 9.17) is 11.6 Å². The van der Waals surface area contributed by atoms with E-state index < -0.39 is 10.5 Å². The van der Waals surface area contributed by atoms with Crippen LogP contribution in [0.3, 0.4) is 0 Å². The molecule has 0 heterocycles. The summed E-state index contributed by atoms with van der Waals surface area (Å²) in [6.07, 6.45) is 0. The molecular formula is C11H10ClNO3. The Balaban J connectivity index is 3.08. The molecule has 4 nitrogen and oxygen atoms in total. The lowest BCUT2D eigenvalue weighted by Crippen LogP contribution is -2.14. The minimum absolute atomic E-state index is 0.0844. The van der Waals surface area contributed by atoms with Gasteiger partial charge in [-0.2, -0.15) is 0 Å². The first-order valence-corrected chi connectivity index (χ1v) is 4.87. The van der Waals surface area contributed by atoms with Crippen molar-refractivity contribution in [3.63, 3.8) is 0 Å². The number of halogens is 1. The fraction of sp³-hybridized carbons (Fsp3) is 0.273. The van der Waals surface area contributed by atoms with Crippen molar-refractivity contribution in [2.45, 2.75) is 19.4 Å². The highest BCUT2D eigenvalue weighted by molar-refractivity contribution is 6.32. The van der Waals surface area contributed by atoms with Crippen LogP contribution < -0.4 is 0 Å². The van der Waals surface area contributed by atoms with Gasteiger partial charge in [0.05, 0.1) is 9.95 Å². The molecule has 0 radical (unpaired) electrons. The van der Waals surface area contributed by atoms with E-state index in [1.807, 2.05) is 0 Å². The minimum atomic E-state index is -1.12. The number of rotatable bonds is 1. The Bertz CT molecular complexity index is 480. The maximum Gasteiger partial charge on any atom is 0.271 e. The molecule has 0 aliphatic rings. The van der Waals surface area contributed by atoms with Crippen LogP contribution in [0, 0.1) is 22.0 Å². The van der Waals surface area contributed by atoms with Gasteiger partial charge in [-0.05, 0) is 19.9 Å². The number of hydrogen-bond donors (Lipinski definition) is 1. The second-order valence-electron chi connectivity index (χ2n) is 3.73. The van der Waals surface area contributed by atoms with Crippen molar-refractivity contribution < 1.29 is 10.0 Å². The van der Waals surface area contributed by atoms with Gasteiger partial charge in [0.15, 0.2) is 0 Å². The fourth-order valence-corrected chi connectivity index (χ4v) is 1.16. The van der Waals surface area contributed by atoms with Crippen LogP contribution in [0.5, 0.6) is 0 Å². The highest BCUT2D eigenvalue weighted by Crippen LogP contribution is 2.21. The Morgan fingerprint density at radius 2 is 2.12 bits per heavy atom. The summed E-state index contributed by atoms with van der Waals surface area (Å²) < 4.78 is 0. The van der Waals surface area contributed by atoms with Crippen molar-refractivity contribution in [1.82, 2.24) is 0 Å². The van der Waals surface area contributed by atoms with Gasteiger partial charge in [-0.1, -0.05) is 23.4 Å². The third-order valence-corrected chi connectivity index (χ3v) is 1.98. The van der Waals surface area contributed by atoms with Gasteiger partial charge < -0.3 is 5.11 Å². The fourth-order valence-electron chi connectivity index (χ4n) is 0.939. The van der Waals surface area contributed by atoms with E-state index in [1.165, 1.54) is 18.2 Å². The van der Waals surface area contributed by atoms with E-state index >= 15 is 0 Å². The van der Waals surface area contributed by atoms with Gasteiger partial charge in [-0.15, -0.1) is 0 Å². The van der Waals surface area contributed by atoms with Gasteiger partial charge in [0, 0.05) is 17.7 Å². The second-order valence-corrected chi connectivity index (χ2v) is 4.14. The number of nitro benzene ring substituents is 1. The second kappa shape index (κ2) is 4.52. The van der Waals surface area contributed by atoms with Crippen molar-refractivity contribution in [3.8, 4) is 11.8 Å². The normalized spacial score (nSPS) is 10.5. The summed E-state index contributed by atoms with van der Waals surface area (Å²) in [4.78, 5) is 9.92. The molecule has 0 saturated carbocycles. The Morgan fingerprint density at radius 1 is 1.50 bits per heavy atom. The molecule has 0 atom stereocenters. The van der Waals surface area contributed by atoms with Crippen molar-refractivity contribution in [1.29, 1.82) is 0 Å². The van der Waals surface area contributed by atoms with E-state index in [9.17, 15) is 15.2 Å². The van der Waals surface area contributed by atoms with Crippen LogP contribution >= 0.6 is 11.6 Å². The van der Waals surface area contributed by atoms with E-state index in [-0.39, 0.29) is 10.7 Å². The highest BCUT2D eigenvalue weighted by atomic mass is 35.5. The molecule has 0 amide bonds. The molecule has 0 aliphatic heterocycles. The number of aliphatic hydroxyl groups is 1. The molecule has 1 aromatic carbocycles. The summed E-state index contributed by atoms with van der Waals surface area (Å²) in [5, 5.41) is 20.0. The van der Waals surface area contributed by atoms with Gasteiger partial charge >= 0.3 is 0 Å². The lowest BCUT2D eigenvalue weighted by atomic mass is 10.1. The third-order valence-electron chi connectivity index (χ3n) is 1.67. The van der Waals surface area contributed by atoms with Crippen LogP contribution in [0.25, 0.3) is 0 Å². The van der Waals surface area contributed by atoms with Gasteiger partial charge in [0.25, 0.3) is 5.69 Å². The molecule has 0 unspecified atom stereocenters. The van der Waals surface area contributed by atoms with Crippen molar-refractivity contribution in [2.24, 2.45) is 0 Å². The lowest BCUT2D eigenvalue weighted by molar-refractivity contribution is -0.384. The van der Waals surface area contributed by atoms with Gasteiger partial charge in [0.1, 0.15) is 5.60 Å². The Hall–Kier alpha value is -1.57. The lowest BCUT2D eigenvalue weighted by Gasteiger charge is -2.06. The zero-order valence-corrected chi connectivity index (χ0v) is 9.58. The number of nitrogens with zero attached hydrogens (tertiary/aromatic N) is 1. The number of nitro groups is 1. The number of benzene rings is 1. The van der Waals surface area contributed by atoms with Gasteiger partial charge in [-0.3, -0.25) is 10.1 Å². The zero-order chi connectivity index (χ0) is 12.3. The Labute approximate surface area is 98.0 Å². The monoisotopic (exact) mass is 239 g/mol. The minimum Gasteiger partial charge on any atom is -0.378 e. The molecule has 0 aliphatic carbocycles. The summed E-state index contributed by atoms with van der Waals surface area (Å²) in [5.74, 6) is 5.24. The van der Waals surface area contributed by atoms with E-state index in [0.717, 1.165) is 0 Å². The van der Waals surface area contributed by atoms with Crippen LogP contribution in [-0.2, 0) is 0 Å². The molecule has 1 aromatic rings. The van der Waals surface area contributed by atoms with E-state index in [0.29, 0.717) is 5.56 Å². The molecule has 16 heavy (non-hydrogen) atoms. The van der Waals surface area contributed by atoms with Crippen molar-refractivity contribution >= 4 is 17.3 Å². The highest BCUT2D eigenvalue weighted by Gasteiger charge is 2.09. The van der Waals surface area contributed by atoms with Crippen LogP contribution in [0.15, 0.2) is 18.2 Å². The van der Waals surface area contributed by atoms with E-state index in [1.54, 1.807) is 13.8 Å². The number of non-ortho nitro benzene ring substituents is 1. The number of hydrogen-bond acceptors (Lipinski definition) is 3. The molecule has 0 fully saturated rings. The predicted molar refractivity (Wildman–Crippen MR) is 61.3 cm³/mol. The standard InChI is InChI=1S/C11H10ClNO3/c1-11(2,14)6-5-8-3-4-9(13(15)16)7-10(8)12/h3-4,7,14H,1-2H3. The van der Waals surface area contributed by atoms with E-state index in [2.05, 4.69) is 11.8 Å². The zero-order valence-electron chi connectivity index (χ0n) is 8.82. The maximum absolute atomic E-state index is 10.5. The summed E-state index contributed by atoms with van der Waals surface area (Å²) in [6.45, 7) is 3.08. The Kier molecular flexibility index (Phi) is 3.53. The maximum atomic E-state index is 10.5. The molecule has 84 valence electrons. The summed E-state index contributed by atoms with van der Waals surface area (Å²) >= 11 is 5.81. The molecule has 1 rings (SSSR count). The average molecular weight is 240 g/mol. The smallest absolute Gasteiger partial charge is 0.271 e. The van der Waals surface area contributed by atoms with Gasteiger partial charge in [0.2, 0.25) is 0 Å². The third kappa shape index (κ3) is 3.54. The molecule has 0 aromatic heterocycles. The largest absolute Gasteiger partial charge is 0.378 e. The first-order valence-electron chi connectivity index (χ1n) is 4.49. The van der Waals surface area contributed by atoms with Gasteiger partial charge in [-0.25, -0.2) is 0 Å². The SMILES string of the molecule is CC(C)(O)C#Cc1ccc([N+](=O)[O-])cc1Cl. The molecule has 0 bridgehead atoms.